The largest absolute Gasteiger partial charge is 0.300 e. The number of nitrogens with zero attached hydrogens (tertiary/aromatic N) is 6. The first-order valence-electron chi connectivity index (χ1n) is 8.29. The zero-order valence-electron chi connectivity index (χ0n) is 14.4. The lowest BCUT2D eigenvalue weighted by molar-refractivity contribution is -0.115. The van der Waals surface area contributed by atoms with E-state index >= 15 is 0 Å². The highest BCUT2D eigenvalue weighted by Crippen LogP contribution is 2.35. The van der Waals surface area contributed by atoms with E-state index in [1.807, 2.05) is 18.2 Å². The molecule has 0 unspecified atom stereocenters. The van der Waals surface area contributed by atoms with Crippen LogP contribution in [0.5, 0.6) is 0 Å². The number of thioether (sulfide) groups is 1. The Morgan fingerprint density at radius 1 is 1.17 bits per heavy atom. The molecule has 142 valence electrons. The molecule has 1 N–H and O–H groups in total. The predicted octanol–water partition coefficient (Wildman–Crippen LogP) is 3.87. The number of aromatic nitrogens is 5. The van der Waals surface area contributed by atoms with Crippen molar-refractivity contribution in [3.05, 3.63) is 63.1 Å². The van der Waals surface area contributed by atoms with Crippen LogP contribution in [0.25, 0.3) is 22.8 Å². The maximum absolute atomic E-state index is 12.4. The van der Waals surface area contributed by atoms with E-state index in [0.717, 1.165) is 16.6 Å². The summed E-state index contributed by atoms with van der Waals surface area (Å²) in [5.74, 6) is -0.254. The van der Waals surface area contributed by atoms with Crippen molar-refractivity contribution in [2.45, 2.75) is 0 Å². The zero-order valence-corrected chi connectivity index (χ0v) is 16.7. The van der Waals surface area contributed by atoms with E-state index in [1.165, 1.54) is 11.8 Å². The van der Waals surface area contributed by atoms with Gasteiger partial charge in [-0.15, -0.1) is 5.10 Å². The smallest absolute Gasteiger partial charge is 0.264 e. The third kappa shape index (κ3) is 3.33. The number of amides is 1. The van der Waals surface area contributed by atoms with E-state index in [0.29, 0.717) is 31.5 Å². The number of aliphatic imine (C=N–C) groups is 1. The van der Waals surface area contributed by atoms with Crippen LogP contribution in [0.3, 0.4) is 0 Å². The van der Waals surface area contributed by atoms with Crippen molar-refractivity contribution in [2.75, 3.05) is 0 Å². The van der Waals surface area contributed by atoms with Crippen LogP contribution >= 0.6 is 35.0 Å². The fourth-order valence-corrected chi connectivity index (χ4v) is 4.12. The van der Waals surface area contributed by atoms with Crippen LogP contribution in [0.2, 0.25) is 10.0 Å². The van der Waals surface area contributed by atoms with E-state index in [9.17, 15) is 4.79 Å². The van der Waals surface area contributed by atoms with Gasteiger partial charge in [0.15, 0.2) is 10.8 Å². The molecule has 5 rings (SSSR count). The van der Waals surface area contributed by atoms with E-state index in [-0.39, 0.29) is 5.91 Å². The third-order valence-corrected chi connectivity index (χ3v) is 5.66. The first-order valence-corrected chi connectivity index (χ1v) is 9.86. The third-order valence-electron chi connectivity index (χ3n) is 4.14. The van der Waals surface area contributed by atoms with Gasteiger partial charge in [0.2, 0.25) is 0 Å². The molecule has 0 saturated carbocycles. The molecular weight excluding hydrogens is 433 g/mol. The van der Waals surface area contributed by atoms with Crippen LogP contribution < -0.4 is 5.32 Å². The molecule has 0 spiro atoms. The van der Waals surface area contributed by atoms with Crippen LogP contribution in [-0.2, 0) is 4.79 Å². The van der Waals surface area contributed by atoms with Gasteiger partial charge in [-0.25, -0.2) is 4.99 Å². The molecular formula is C18H9Cl2N7OS. The van der Waals surface area contributed by atoms with Gasteiger partial charge in [0, 0.05) is 0 Å². The summed E-state index contributed by atoms with van der Waals surface area (Å²) in [6.45, 7) is 0. The minimum atomic E-state index is -0.254. The Morgan fingerprint density at radius 2 is 2.00 bits per heavy atom. The Kier molecular flexibility index (Phi) is 4.42. The maximum Gasteiger partial charge on any atom is 0.264 e. The summed E-state index contributed by atoms with van der Waals surface area (Å²) in [6.07, 6.45) is 3.36. The van der Waals surface area contributed by atoms with Gasteiger partial charge in [0.05, 0.1) is 32.2 Å². The summed E-state index contributed by atoms with van der Waals surface area (Å²) >= 11 is 13.5. The fourth-order valence-electron chi connectivity index (χ4n) is 2.81. The van der Waals surface area contributed by atoms with E-state index < -0.39 is 0 Å². The second-order valence-electron chi connectivity index (χ2n) is 6.01. The SMILES string of the molecule is O=C1NC(=Nc2c(Cl)cccc2Cl)SC1=Cc1ccc2ncc3nnnn3c2c1. The molecule has 1 fully saturated rings. The quantitative estimate of drug-likeness (QED) is 0.474. The summed E-state index contributed by atoms with van der Waals surface area (Å²) in [7, 11) is 0. The normalized spacial score (nSPS) is 17.0. The molecule has 11 heteroatoms. The average Bonchev–Trinajstić information content (AvgIpc) is 3.32. The molecule has 8 nitrogen and oxygen atoms in total. The maximum atomic E-state index is 12.4. The molecule has 2 aromatic heterocycles. The van der Waals surface area contributed by atoms with E-state index in [4.69, 9.17) is 23.2 Å². The topological polar surface area (TPSA) is 97.4 Å². The molecule has 1 amide bonds. The van der Waals surface area contributed by atoms with Gasteiger partial charge in [0.1, 0.15) is 5.69 Å². The van der Waals surface area contributed by atoms with Gasteiger partial charge in [-0.3, -0.25) is 9.78 Å². The molecule has 1 saturated heterocycles. The minimum Gasteiger partial charge on any atom is -0.300 e. The summed E-state index contributed by atoms with van der Waals surface area (Å²) in [4.78, 5) is 21.6. The van der Waals surface area contributed by atoms with Crippen LogP contribution in [-0.4, -0.2) is 36.1 Å². The van der Waals surface area contributed by atoms with Crippen molar-refractivity contribution < 1.29 is 4.79 Å². The summed E-state index contributed by atoms with van der Waals surface area (Å²) in [5.41, 5.74) is 3.24. The molecule has 0 aliphatic carbocycles. The Hall–Kier alpha value is -3.01. The fraction of sp³-hybridized carbons (Fsp3) is 0. The monoisotopic (exact) mass is 441 g/mol. The Balaban J connectivity index is 1.51. The first kappa shape index (κ1) is 18.0. The van der Waals surface area contributed by atoms with Gasteiger partial charge < -0.3 is 5.32 Å². The van der Waals surface area contributed by atoms with Gasteiger partial charge in [-0.05, 0) is 58.1 Å². The molecule has 2 aromatic carbocycles. The van der Waals surface area contributed by atoms with Crippen LogP contribution in [0.15, 0.2) is 52.5 Å². The lowest BCUT2D eigenvalue weighted by atomic mass is 10.2. The highest BCUT2D eigenvalue weighted by Gasteiger charge is 2.24. The number of amidine groups is 1. The molecule has 4 aromatic rings. The minimum absolute atomic E-state index is 0.254. The second-order valence-corrected chi connectivity index (χ2v) is 7.85. The van der Waals surface area contributed by atoms with E-state index in [1.54, 1.807) is 35.0 Å². The average molecular weight is 442 g/mol. The van der Waals surface area contributed by atoms with E-state index in [2.05, 4.69) is 30.8 Å². The van der Waals surface area contributed by atoms with Crippen LogP contribution in [0, 0.1) is 0 Å². The zero-order chi connectivity index (χ0) is 20.0. The van der Waals surface area contributed by atoms with Crippen molar-refractivity contribution in [3.8, 4) is 0 Å². The number of benzene rings is 2. The number of tetrazole rings is 1. The van der Waals surface area contributed by atoms with Gasteiger partial charge in [0.25, 0.3) is 5.91 Å². The lowest BCUT2D eigenvalue weighted by Gasteiger charge is -2.02. The number of carbonyl (C=O) groups excluding carboxylic acids is 1. The number of hydrogen-bond acceptors (Lipinski definition) is 7. The van der Waals surface area contributed by atoms with Crippen LogP contribution in [0.1, 0.15) is 5.56 Å². The highest BCUT2D eigenvalue weighted by atomic mass is 35.5. The number of rotatable bonds is 2. The number of carbonyl (C=O) groups is 1. The van der Waals surface area contributed by atoms with Crippen molar-refractivity contribution in [1.29, 1.82) is 0 Å². The molecule has 0 atom stereocenters. The van der Waals surface area contributed by atoms with Crippen molar-refractivity contribution >= 4 is 74.5 Å². The molecule has 0 radical (unpaired) electrons. The lowest BCUT2D eigenvalue weighted by Crippen LogP contribution is -2.19. The number of hydrogen-bond donors (Lipinski definition) is 1. The first-order chi connectivity index (χ1) is 14.1. The number of halogens is 2. The molecule has 1 aliphatic heterocycles. The number of nitrogens with one attached hydrogen (secondary N) is 1. The number of para-hydroxylation sites is 1. The Labute approximate surface area is 177 Å². The van der Waals surface area contributed by atoms with Crippen LogP contribution in [0.4, 0.5) is 5.69 Å². The summed E-state index contributed by atoms with van der Waals surface area (Å²) in [6, 6.07) is 10.7. The molecule has 3 heterocycles. The Bertz CT molecular complexity index is 1340. The standard InChI is InChI=1S/C18H9Cl2N7OS/c19-10-2-1-3-11(20)16(10)22-18-23-17(28)14(29-18)7-9-4-5-12-13(6-9)27-15(8-21-12)24-25-26-27/h1-8H,(H,22,23,28). The van der Waals surface area contributed by atoms with Crippen molar-refractivity contribution in [2.24, 2.45) is 4.99 Å². The molecule has 0 bridgehead atoms. The summed E-state index contributed by atoms with van der Waals surface area (Å²) < 4.78 is 1.60. The van der Waals surface area contributed by atoms with Crippen molar-refractivity contribution in [1.82, 2.24) is 30.3 Å². The van der Waals surface area contributed by atoms with Gasteiger partial charge in [-0.1, -0.05) is 35.3 Å². The van der Waals surface area contributed by atoms with Gasteiger partial charge in [-0.2, -0.15) is 4.52 Å². The molecule has 1 aliphatic rings. The summed E-state index contributed by atoms with van der Waals surface area (Å²) in [5, 5.41) is 15.5. The predicted molar refractivity (Wildman–Crippen MR) is 113 cm³/mol. The second kappa shape index (κ2) is 7.11. The molecule has 29 heavy (non-hydrogen) atoms. The number of fused-ring (bicyclic) bond motifs is 3. The highest BCUT2D eigenvalue weighted by molar-refractivity contribution is 8.18. The van der Waals surface area contributed by atoms with Gasteiger partial charge >= 0.3 is 0 Å². The van der Waals surface area contributed by atoms with Crippen molar-refractivity contribution in [3.63, 3.8) is 0 Å². The Morgan fingerprint density at radius 3 is 2.83 bits per heavy atom.